The van der Waals surface area contributed by atoms with E-state index in [0.29, 0.717) is 18.6 Å². The van der Waals surface area contributed by atoms with E-state index in [-0.39, 0.29) is 18.1 Å². The van der Waals surface area contributed by atoms with Crippen molar-refractivity contribution in [3.8, 4) is 5.75 Å². The highest BCUT2D eigenvalue weighted by Crippen LogP contribution is 2.33. The van der Waals surface area contributed by atoms with Gasteiger partial charge in [-0.3, -0.25) is 4.79 Å². The van der Waals surface area contributed by atoms with Gasteiger partial charge in [0.2, 0.25) is 5.91 Å². The Morgan fingerprint density at radius 2 is 2.00 bits per heavy atom. The van der Waals surface area contributed by atoms with Crippen LogP contribution in [0.3, 0.4) is 0 Å². The van der Waals surface area contributed by atoms with Crippen molar-refractivity contribution in [2.75, 3.05) is 18.5 Å². The highest BCUT2D eigenvalue weighted by atomic mass is 16.5. The summed E-state index contributed by atoms with van der Waals surface area (Å²) in [6.45, 7) is 1.44. The molecule has 1 amide bonds. The molecule has 4 unspecified atom stereocenters. The number of anilines is 1. The fourth-order valence-corrected chi connectivity index (χ4v) is 4.35. The van der Waals surface area contributed by atoms with Crippen LogP contribution in [0.5, 0.6) is 5.75 Å². The fourth-order valence-electron chi connectivity index (χ4n) is 4.35. The van der Waals surface area contributed by atoms with Crippen LogP contribution in [-0.4, -0.2) is 37.3 Å². The summed E-state index contributed by atoms with van der Waals surface area (Å²) in [6.07, 6.45) is 8.46. The van der Waals surface area contributed by atoms with Crippen LogP contribution in [0.4, 0.5) is 5.69 Å². The zero-order valence-electron chi connectivity index (χ0n) is 14.7. The van der Waals surface area contributed by atoms with Crippen LogP contribution in [0.15, 0.2) is 24.3 Å². The molecule has 4 rings (SSSR count). The van der Waals surface area contributed by atoms with E-state index in [9.17, 15) is 4.79 Å². The normalized spacial score (nSPS) is 31.5. The van der Waals surface area contributed by atoms with Gasteiger partial charge in [0.25, 0.3) is 0 Å². The average molecular weight is 344 g/mol. The standard InChI is InChI=1S/C20H28N2O3/c23-20(19-12-14-4-1-2-6-18(14)22-19)21-15-7-9-16(10-8-15)25-13-17-5-3-11-24-17/h7-10,14,17-19,22H,1-6,11-13H2,(H,21,23). The van der Waals surface area contributed by atoms with Gasteiger partial charge in [0.05, 0.1) is 12.1 Å². The molecule has 0 aromatic heterocycles. The van der Waals surface area contributed by atoms with Crippen LogP contribution in [0.1, 0.15) is 44.9 Å². The number of hydrogen-bond donors (Lipinski definition) is 2. The lowest BCUT2D eigenvalue weighted by molar-refractivity contribution is -0.117. The Kier molecular flexibility index (Phi) is 5.22. The zero-order valence-corrected chi connectivity index (χ0v) is 14.7. The maximum absolute atomic E-state index is 12.5. The monoisotopic (exact) mass is 344 g/mol. The van der Waals surface area contributed by atoms with Gasteiger partial charge in [-0.25, -0.2) is 0 Å². The highest BCUT2D eigenvalue weighted by Gasteiger charge is 2.38. The summed E-state index contributed by atoms with van der Waals surface area (Å²) >= 11 is 0. The van der Waals surface area contributed by atoms with Gasteiger partial charge in [0, 0.05) is 18.3 Å². The molecular weight excluding hydrogens is 316 g/mol. The molecule has 2 heterocycles. The first-order chi connectivity index (χ1) is 12.3. The highest BCUT2D eigenvalue weighted by molar-refractivity contribution is 5.95. The Labute approximate surface area is 149 Å². The lowest BCUT2D eigenvalue weighted by Crippen LogP contribution is -2.39. The SMILES string of the molecule is O=C(Nc1ccc(OCC2CCCO2)cc1)C1CC2CCCCC2N1. The number of nitrogens with one attached hydrogen (secondary N) is 2. The second-order valence-corrected chi connectivity index (χ2v) is 7.57. The Morgan fingerprint density at radius 1 is 1.16 bits per heavy atom. The van der Waals surface area contributed by atoms with E-state index in [0.717, 1.165) is 37.3 Å². The molecule has 5 heteroatoms. The molecule has 1 aromatic carbocycles. The first-order valence-corrected chi connectivity index (χ1v) is 9.69. The largest absolute Gasteiger partial charge is 0.491 e. The lowest BCUT2D eigenvalue weighted by Gasteiger charge is -2.24. The number of amides is 1. The molecule has 2 aliphatic heterocycles. The van der Waals surface area contributed by atoms with E-state index in [2.05, 4.69) is 10.6 Å². The molecule has 2 N–H and O–H groups in total. The minimum Gasteiger partial charge on any atom is -0.491 e. The summed E-state index contributed by atoms with van der Waals surface area (Å²) in [7, 11) is 0. The summed E-state index contributed by atoms with van der Waals surface area (Å²) in [6, 6.07) is 8.12. The molecule has 5 nitrogen and oxygen atoms in total. The maximum atomic E-state index is 12.5. The van der Waals surface area contributed by atoms with E-state index in [1.54, 1.807) is 0 Å². The van der Waals surface area contributed by atoms with E-state index in [4.69, 9.17) is 9.47 Å². The van der Waals surface area contributed by atoms with Crippen molar-refractivity contribution in [2.45, 2.75) is 63.1 Å². The van der Waals surface area contributed by atoms with Gasteiger partial charge in [-0.05, 0) is 62.3 Å². The number of carbonyl (C=O) groups is 1. The minimum atomic E-state index is -0.0523. The summed E-state index contributed by atoms with van der Waals surface area (Å²) in [5.74, 6) is 1.58. The summed E-state index contributed by atoms with van der Waals surface area (Å²) < 4.78 is 11.3. The molecule has 0 bridgehead atoms. The van der Waals surface area contributed by atoms with Gasteiger partial charge >= 0.3 is 0 Å². The van der Waals surface area contributed by atoms with Crippen molar-refractivity contribution in [3.05, 3.63) is 24.3 Å². The third-order valence-electron chi connectivity index (χ3n) is 5.76. The van der Waals surface area contributed by atoms with Crippen LogP contribution >= 0.6 is 0 Å². The fraction of sp³-hybridized carbons (Fsp3) is 0.650. The van der Waals surface area contributed by atoms with Gasteiger partial charge in [0.1, 0.15) is 12.4 Å². The third kappa shape index (κ3) is 4.15. The lowest BCUT2D eigenvalue weighted by atomic mass is 9.85. The number of benzene rings is 1. The number of fused-ring (bicyclic) bond motifs is 1. The number of rotatable bonds is 5. The first-order valence-electron chi connectivity index (χ1n) is 9.69. The van der Waals surface area contributed by atoms with Crippen LogP contribution in [0.25, 0.3) is 0 Å². The Balaban J connectivity index is 1.26. The van der Waals surface area contributed by atoms with Gasteiger partial charge in [-0.2, -0.15) is 0 Å². The van der Waals surface area contributed by atoms with Gasteiger partial charge in [0.15, 0.2) is 0 Å². The molecule has 1 aliphatic carbocycles. The zero-order chi connectivity index (χ0) is 17.1. The molecule has 4 atom stereocenters. The number of ether oxygens (including phenoxy) is 2. The van der Waals surface area contributed by atoms with Crippen LogP contribution in [0, 0.1) is 5.92 Å². The first kappa shape index (κ1) is 16.9. The molecule has 136 valence electrons. The predicted octanol–water partition coefficient (Wildman–Crippen LogP) is 3.10. The van der Waals surface area contributed by atoms with Crippen molar-refractivity contribution in [3.63, 3.8) is 0 Å². The quantitative estimate of drug-likeness (QED) is 0.862. The predicted molar refractivity (Wildman–Crippen MR) is 96.8 cm³/mol. The maximum Gasteiger partial charge on any atom is 0.241 e. The van der Waals surface area contributed by atoms with Crippen molar-refractivity contribution in [2.24, 2.45) is 5.92 Å². The Bertz CT molecular complexity index is 569. The van der Waals surface area contributed by atoms with Crippen molar-refractivity contribution < 1.29 is 14.3 Å². The molecular formula is C20H28N2O3. The topological polar surface area (TPSA) is 59.6 Å². The van der Waals surface area contributed by atoms with Crippen LogP contribution < -0.4 is 15.4 Å². The number of hydrogen-bond acceptors (Lipinski definition) is 4. The molecule has 1 saturated carbocycles. The van der Waals surface area contributed by atoms with Gasteiger partial charge in [-0.1, -0.05) is 12.8 Å². The van der Waals surface area contributed by atoms with E-state index >= 15 is 0 Å². The molecule has 25 heavy (non-hydrogen) atoms. The van der Waals surface area contributed by atoms with E-state index < -0.39 is 0 Å². The van der Waals surface area contributed by atoms with Crippen molar-refractivity contribution >= 4 is 11.6 Å². The molecule has 0 radical (unpaired) electrons. The average Bonchev–Trinajstić information content (AvgIpc) is 3.30. The second kappa shape index (κ2) is 7.75. The molecule has 3 aliphatic rings. The van der Waals surface area contributed by atoms with Crippen molar-refractivity contribution in [1.82, 2.24) is 5.32 Å². The van der Waals surface area contributed by atoms with Crippen molar-refractivity contribution in [1.29, 1.82) is 0 Å². The summed E-state index contributed by atoms with van der Waals surface area (Å²) in [5.41, 5.74) is 0.825. The molecule has 0 spiro atoms. The minimum absolute atomic E-state index is 0.0523. The van der Waals surface area contributed by atoms with Gasteiger partial charge in [-0.15, -0.1) is 0 Å². The van der Waals surface area contributed by atoms with E-state index in [1.165, 1.54) is 25.7 Å². The Hall–Kier alpha value is -1.59. The Morgan fingerprint density at radius 3 is 2.76 bits per heavy atom. The number of carbonyl (C=O) groups excluding carboxylic acids is 1. The van der Waals surface area contributed by atoms with Gasteiger partial charge < -0.3 is 20.1 Å². The van der Waals surface area contributed by atoms with Crippen LogP contribution in [0.2, 0.25) is 0 Å². The third-order valence-corrected chi connectivity index (χ3v) is 5.76. The second-order valence-electron chi connectivity index (χ2n) is 7.57. The summed E-state index contributed by atoms with van der Waals surface area (Å²) in [4.78, 5) is 12.5. The summed E-state index contributed by atoms with van der Waals surface area (Å²) in [5, 5.41) is 6.56. The smallest absolute Gasteiger partial charge is 0.241 e. The van der Waals surface area contributed by atoms with E-state index in [1.807, 2.05) is 24.3 Å². The molecule has 3 fully saturated rings. The molecule has 2 saturated heterocycles. The van der Waals surface area contributed by atoms with Crippen LogP contribution in [-0.2, 0) is 9.53 Å². The molecule has 1 aromatic rings.